The quantitative estimate of drug-likeness (QED) is 0.587. The molecule has 0 radical (unpaired) electrons. The lowest BCUT2D eigenvalue weighted by molar-refractivity contribution is -0.107. The van der Waals surface area contributed by atoms with Gasteiger partial charge in [0.05, 0.1) is 5.52 Å². The standard InChI is InChI=1S/C17H14N2O2/c18-14-3-5-15(6-4-14)21-17-8-2-13-11-12(9-10-20)1-7-16(13)19-17/h1-8,10-11H,9,18H2. The SMILES string of the molecule is Nc1ccc(Oc2ccc3cc(CC=O)ccc3n2)cc1. The Balaban J connectivity index is 1.88. The Morgan fingerprint density at radius 3 is 2.62 bits per heavy atom. The second kappa shape index (κ2) is 5.63. The summed E-state index contributed by atoms with van der Waals surface area (Å²) in [7, 11) is 0. The molecule has 0 saturated carbocycles. The minimum absolute atomic E-state index is 0.416. The lowest BCUT2D eigenvalue weighted by Gasteiger charge is -2.06. The number of hydrogen-bond donors (Lipinski definition) is 1. The van der Waals surface area contributed by atoms with Crippen LogP contribution in [0.25, 0.3) is 10.9 Å². The molecule has 0 amide bonds. The van der Waals surface area contributed by atoms with E-state index in [-0.39, 0.29) is 0 Å². The van der Waals surface area contributed by atoms with Gasteiger partial charge in [0.15, 0.2) is 0 Å². The predicted octanol–water partition coefficient (Wildman–Crippen LogP) is 3.35. The molecule has 104 valence electrons. The number of pyridine rings is 1. The maximum Gasteiger partial charge on any atom is 0.219 e. The van der Waals surface area contributed by atoms with E-state index in [0.29, 0.717) is 23.7 Å². The first kappa shape index (κ1) is 13.1. The molecule has 1 aromatic heterocycles. The zero-order valence-electron chi connectivity index (χ0n) is 11.3. The molecule has 3 rings (SSSR count). The van der Waals surface area contributed by atoms with Crippen molar-refractivity contribution in [2.75, 3.05) is 5.73 Å². The summed E-state index contributed by atoms with van der Waals surface area (Å²) in [5, 5.41) is 0.985. The van der Waals surface area contributed by atoms with Crippen molar-refractivity contribution < 1.29 is 9.53 Å². The first-order valence-corrected chi connectivity index (χ1v) is 6.61. The van der Waals surface area contributed by atoms with Crippen molar-refractivity contribution in [2.24, 2.45) is 0 Å². The molecule has 3 aromatic rings. The number of aromatic nitrogens is 1. The van der Waals surface area contributed by atoms with Gasteiger partial charge in [0.25, 0.3) is 0 Å². The maximum atomic E-state index is 10.5. The van der Waals surface area contributed by atoms with Crippen LogP contribution < -0.4 is 10.5 Å². The number of benzene rings is 2. The fourth-order valence-corrected chi connectivity index (χ4v) is 2.09. The summed E-state index contributed by atoms with van der Waals surface area (Å²) >= 11 is 0. The van der Waals surface area contributed by atoms with E-state index in [1.54, 1.807) is 24.3 Å². The zero-order chi connectivity index (χ0) is 14.7. The minimum atomic E-state index is 0.416. The largest absolute Gasteiger partial charge is 0.439 e. The third-order valence-electron chi connectivity index (χ3n) is 3.15. The second-order valence-corrected chi connectivity index (χ2v) is 4.72. The van der Waals surface area contributed by atoms with Crippen LogP contribution in [0.4, 0.5) is 5.69 Å². The van der Waals surface area contributed by atoms with E-state index < -0.39 is 0 Å². The molecule has 0 fully saturated rings. The number of nitrogens with two attached hydrogens (primary N) is 1. The lowest BCUT2D eigenvalue weighted by Crippen LogP contribution is -1.91. The Kier molecular flexibility index (Phi) is 3.51. The molecule has 0 aliphatic carbocycles. The van der Waals surface area contributed by atoms with Crippen molar-refractivity contribution in [3.63, 3.8) is 0 Å². The zero-order valence-corrected chi connectivity index (χ0v) is 11.3. The van der Waals surface area contributed by atoms with Crippen molar-refractivity contribution in [1.82, 2.24) is 4.98 Å². The van der Waals surface area contributed by atoms with Crippen molar-refractivity contribution >= 4 is 22.9 Å². The average molecular weight is 278 g/mol. The molecule has 0 atom stereocenters. The molecule has 0 spiro atoms. The van der Waals surface area contributed by atoms with Crippen molar-refractivity contribution in [2.45, 2.75) is 6.42 Å². The molecular weight excluding hydrogens is 264 g/mol. The first-order valence-electron chi connectivity index (χ1n) is 6.61. The topological polar surface area (TPSA) is 65.2 Å². The lowest BCUT2D eigenvalue weighted by atomic mass is 10.1. The summed E-state index contributed by atoms with van der Waals surface area (Å²) in [4.78, 5) is 15.0. The van der Waals surface area contributed by atoms with Crippen LogP contribution in [0.5, 0.6) is 11.6 Å². The summed E-state index contributed by atoms with van der Waals surface area (Å²) in [6.07, 6.45) is 1.31. The van der Waals surface area contributed by atoms with Crippen molar-refractivity contribution in [3.05, 3.63) is 60.2 Å². The van der Waals surface area contributed by atoms with Crippen molar-refractivity contribution in [3.8, 4) is 11.6 Å². The number of nitrogens with zero attached hydrogens (tertiary/aromatic N) is 1. The second-order valence-electron chi connectivity index (χ2n) is 4.72. The Bertz CT molecular complexity index is 782. The van der Waals surface area contributed by atoms with Gasteiger partial charge >= 0.3 is 0 Å². The summed E-state index contributed by atoms with van der Waals surface area (Å²) < 4.78 is 5.70. The van der Waals surface area contributed by atoms with E-state index in [2.05, 4.69) is 4.98 Å². The van der Waals surface area contributed by atoms with Gasteiger partial charge in [-0.1, -0.05) is 6.07 Å². The number of hydrogen-bond acceptors (Lipinski definition) is 4. The highest BCUT2D eigenvalue weighted by molar-refractivity contribution is 5.80. The fraction of sp³-hybridized carbons (Fsp3) is 0.0588. The summed E-state index contributed by atoms with van der Waals surface area (Å²) in [5.41, 5.74) is 8.14. The predicted molar refractivity (Wildman–Crippen MR) is 82.4 cm³/mol. The van der Waals surface area contributed by atoms with Crippen LogP contribution in [0, 0.1) is 0 Å². The summed E-state index contributed by atoms with van der Waals surface area (Å²) in [6, 6.07) is 16.7. The van der Waals surface area contributed by atoms with E-state index in [1.165, 1.54) is 0 Å². The average Bonchev–Trinajstić information content (AvgIpc) is 2.50. The van der Waals surface area contributed by atoms with Gasteiger partial charge in [-0.3, -0.25) is 0 Å². The van der Waals surface area contributed by atoms with E-state index in [0.717, 1.165) is 22.8 Å². The highest BCUT2D eigenvalue weighted by Gasteiger charge is 2.02. The van der Waals surface area contributed by atoms with Crippen LogP contribution in [0.1, 0.15) is 5.56 Å². The number of nitrogen functional groups attached to an aromatic ring is 1. The van der Waals surface area contributed by atoms with Gasteiger partial charge < -0.3 is 15.3 Å². The first-order chi connectivity index (χ1) is 10.2. The van der Waals surface area contributed by atoms with Crippen LogP contribution in [-0.4, -0.2) is 11.3 Å². The maximum absolute atomic E-state index is 10.5. The van der Waals surface area contributed by atoms with Crippen LogP contribution >= 0.6 is 0 Å². The molecule has 0 saturated heterocycles. The molecule has 0 aliphatic heterocycles. The van der Waals surface area contributed by atoms with Gasteiger partial charge in [0, 0.05) is 23.6 Å². The van der Waals surface area contributed by atoms with Gasteiger partial charge in [-0.05, 0) is 48.0 Å². The minimum Gasteiger partial charge on any atom is -0.439 e. The molecule has 2 aromatic carbocycles. The van der Waals surface area contributed by atoms with E-state index in [4.69, 9.17) is 10.5 Å². The number of ether oxygens (including phenoxy) is 1. The number of rotatable bonds is 4. The molecular formula is C17H14N2O2. The highest BCUT2D eigenvalue weighted by atomic mass is 16.5. The number of carbonyl (C=O) groups excluding carboxylic acids is 1. The third-order valence-corrected chi connectivity index (χ3v) is 3.15. The van der Waals surface area contributed by atoms with Gasteiger partial charge in [-0.2, -0.15) is 0 Å². The van der Waals surface area contributed by atoms with E-state index in [9.17, 15) is 4.79 Å². The Morgan fingerprint density at radius 1 is 1.05 bits per heavy atom. The summed E-state index contributed by atoms with van der Waals surface area (Å²) in [5.74, 6) is 1.21. The Labute approximate surface area is 122 Å². The highest BCUT2D eigenvalue weighted by Crippen LogP contribution is 2.23. The Morgan fingerprint density at radius 2 is 1.86 bits per heavy atom. The molecule has 4 heteroatoms. The summed E-state index contributed by atoms with van der Waals surface area (Å²) in [6.45, 7) is 0. The number of fused-ring (bicyclic) bond motifs is 1. The number of aldehydes is 1. The van der Waals surface area contributed by atoms with Crippen LogP contribution in [0.15, 0.2) is 54.6 Å². The molecule has 0 unspecified atom stereocenters. The Hall–Kier alpha value is -2.88. The number of anilines is 1. The van der Waals surface area contributed by atoms with Gasteiger partial charge in [-0.25, -0.2) is 4.98 Å². The molecule has 2 N–H and O–H groups in total. The monoisotopic (exact) mass is 278 g/mol. The van der Waals surface area contributed by atoms with Crippen LogP contribution in [-0.2, 0) is 11.2 Å². The number of carbonyl (C=O) groups is 1. The third kappa shape index (κ3) is 3.00. The van der Waals surface area contributed by atoms with Gasteiger partial charge in [0.1, 0.15) is 12.0 Å². The van der Waals surface area contributed by atoms with Gasteiger partial charge in [0.2, 0.25) is 5.88 Å². The molecule has 1 heterocycles. The van der Waals surface area contributed by atoms with E-state index >= 15 is 0 Å². The molecule has 0 aliphatic rings. The van der Waals surface area contributed by atoms with Gasteiger partial charge in [-0.15, -0.1) is 0 Å². The van der Waals surface area contributed by atoms with Crippen LogP contribution in [0.2, 0.25) is 0 Å². The van der Waals surface area contributed by atoms with E-state index in [1.807, 2.05) is 30.3 Å². The molecule has 4 nitrogen and oxygen atoms in total. The van der Waals surface area contributed by atoms with Crippen LogP contribution in [0.3, 0.4) is 0 Å². The smallest absolute Gasteiger partial charge is 0.219 e. The van der Waals surface area contributed by atoms with Crippen molar-refractivity contribution in [1.29, 1.82) is 0 Å². The molecule has 0 bridgehead atoms. The molecule has 21 heavy (non-hydrogen) atoms. The fourth-order valence-electron chi connectivity index (χ4n) is 2.09. The normalized spacial score (nSPS) is 10.5.